The lowest BCUT2D eigenvalue weighted by Gasteiger charge is -2.40. The highest BCUT2D eigenvalue weighted by Gasteiger charge is 2.50. The van der Waals surface area contributed by atoms with Gasteiger partial charge in [-0.15, -0.1) is 0 Å². The maximum atomic E-state index is 13.1. The van der Waals surface area contributed by atoms with Crippen LogP contribution < -0.4 is 0 Å². The largest absolute Gasteiger partial charge is 0.479 e. The third-order valence-electron chi connectivity index (χ3n) is 12.5. The first kappa shape index (κ1) is 70.1. The fourth-order valence-electron chi connectivity index (χ4n) is 8.09. The Labute approximate surface area is 465 Å². The van der Waals surface area contributed by atoms with Crippen molar-refractivity contribution in [3.8, 4) is 0 Å². The second-order valence-corrected chi connectivity index (χ2v) is 19.5. The van der Waals surface area contributed by atoms with Crippen molar-refractivity contribution in [2.45, 2.75) is 250 Å². The lowest BCUT2D eigenvalue weighted by Crippen LogP contribution is -2.61. The summed E-state index contributed by atoms with van der Waals surface area (Å²) >= 11 is 0. The minimum absolute atomic E-state index is 0.0365. The molecule has 6 unspecified atom stereocenters. The van der Waals surface area contributed by atoms with Crippen molar-refractivity contribution in [1.82, 2.24) is 0 Å². The number of aliphatic hydroxyl groups is 2. The first-order chi connectivity index (χ1) is 37.6. The number of aliphatic hydroxyl groups excluding tert-OH is 2. The number of hydrogen-bond donors (Lipinski definition) is 3. The van der Waals surface area contributed by atoms with E-state index in [0.29, 0.717) is 19.3 Å². The van der Waals surface area contributed by atoms with E-state index in [1.165, 1.54) is 0 Å². The molecule has 3 N–H and O–H groups in total. The predicted molar refractivity (Wildman–Crippen MR) is 312 cm³/mol. The molecule has 0 aromatic carbocycles. The Bertz CT molecular complexity index is 1800. The minimum atomic E-state index is -1.92. The number of aliphatic carboxylic acids is 1. The molecule has 0 aliphatic carbocycles. The summed E-state index contributed by atoms with van der Waals surface area (Å²) in [5, 5.41) is 31.5. The highest BCUT2D eigenvalue weighted by molar-refractivity contribution is 5.74. The molecule has 1 aliphatic heterocycles. The summed E-state index contributed by atoms with van der Waals surface area (Å²) in [5.74, 6) is -3.22. The third kappa shape index (κ3) is 41.8. The molecule has 0 aromatic rings. The zero-order valence-corrected chi connectivity index (χ0v) is 47.7. The topological polar surface area (TPSA) is 175 Å². The van der Waals surface area contributed by atoms with Gasteiger partial charge >= 0.3 is 23.9 Å². The van der Waals surface area contributed by atoms with Crippen LogP contribution in [-0.4, -0.2) is 89.2 Å². The number of carboxylic acid groups (broad SMARTS) is 1. The Hall–Kier alpha value is -4.88. The average Bonchev–Trinajstić information content (AvgIpc) is 3.42. The Morgan fingerprint density at radius 1 is 0.429 bits per heavy atom. The summed E-state index contributed by atoms with van der Waals surface area (Å²) in [6, 6.07) is 0. The van der Waals surface area contributed by atoms with Crippen LogP contribution in [0.25, 0.3) is 0 Å². The SMILES string of the molecule is CC/C=C\C/C=C\C/C=C\C/C=C\CCCCCCC(=O)OCC(COC1OC(C(=O)O)C(O)C(O)C1OC(=O)CCCCCCCCC/C=C\C/C=C\C/C=C\CC)OC(=O)CCCCC/C=C\C/C=C\C/C=C\CC. The zero-order chi connectivity index (χ0) is 56.1. The number of ether oxygens (including phenoxy) is 5. The van der Waals surface area contributed by atoms with Gasteiger partial charge in [-0.25, -0.2) is 4.79 Å². The van der Waals surface area contributed by atoms with Crippen LogP contribution in [0.15, 0.2) is 122 Å². The summed E-state index contributed by atoms with van der Waals surface area (Å²) < 4.78 is 28.4. The molecule has 6 atom stereocenters. The number of rotatable bonds is 48. The Kier molecular flexibility index (Phi) is 47.2. The van der Waals surface area contributed by atoms with Crippen LogP contribution in [0.3, 0.4) is 0 Å². The molecule has 0 aromatic heterocycles. The first-order valence-corrected chi connectivity index (χ1v) is 29.5. The number of esters is 3. The summed E-state index contributed by atoms with van der Waals surface area (Å²) in [7, 11) is 0. The number of allylic oxidation sites excluding steroid dienone is 20. The van der Waals surface area contributed by atoms with Crippen LogP contribution in [0.2, 0.25) is 0 Å². The molecule has 12 nitrogen and oxygen atoms in total. The van der Waals surface area contributed by atoms with Gasteiger partial charge in [-0.1, -0.05) is 194 Å². The molecule has 1 fully saturated rings. The van der Waals surface area contributed by atoms with Gasteiger partial charge in [0.1, 0.15) is 18.8 Å². The molecule has 12 heteroatoms. The Balaban J connectivity index is 2.72. The monoisotopic (exact) mass is 1070 g/mol. The smallest absolute Gasteiger partial charge is 0.335 e. The van der Waals surface area contributed by atoms with Crippen molar-refractivity contribution < 1.29 is 58.2 Å². The fourth-order valence-corrected chi connectivity index (χ4v) is 8.09. The van der Waals surface area contributed by atoms with E-state index in [4.69, 9.17) is 23.7 Å². The standard InChI is InChI=1S/C65H102O12/c1-4-7-10-13-16-19-22-25-27-29-31-34-36-39-42-45-48-51-57(66)73-54-56(75-58(67)52-49-46-43-40-37-33-24-21-18-15-12-9-6-3)55-74-65-63(61(70)60(69)62(77-65)64(71)72)76-59(68)53-50-47-44-41-38-35-32-30-28-26-23-20-17-14-11-8-5-2/h7-12,16-21,25-28,31,33-34,37,56,60-63,65,69-70H,4-6,13-15,22-24,29-30,32,35-36,38-55H2,1-3H3,(H,71,72)/b10-7-,11-8-,12-9-,19-16-,20-17-,21-18-,27-25-,28-26-,34-31-,37-33-. The van der Waals surface area contributed by atoms with E-state index in [1.54, 1.807) is 0 Å². The molecule has 0 radical (unpaired) electrons. The van der Waals surface area contributed by atoms with Crippen molar-refractivity contribution >= 4 is 23.9 Å². The van der Waals surface area contributed by atoms with Gasteiger partial charge < -0.3 is 39.0 Å². The van der Waals surface area contributed by atoms with E-state index in [-0.39, 0.29) is 25.9 Å². The highest BCUT2D eigenvalue weighted by atomic mass is 16.7. The van der Waals surface area contributed by atoms with Crippen LogP contribution in [0.4, 0.5) is 0 Å². The van der Waals surface area contributed by atoms with Crippen molar-refractivity contribution in [3.63, 3.8) is 0 Å². The first-order valence-electron chi connectivity index (χ1n) is 29.5. The van der Waals surface area contributed by atoms with Crippen molar-refractivity contribution in [2.24, 2.45) is 0 Å². The van der Waals surface area contributed by atoms with E-state index in [2.05, 4.69) is 142 Å². The van der Waals surface area contributed by atoms with E-state index in [1.807, 2.05) is 0 Å². The van der Waals surface area contributed by atoms with Crippen molar-refractivity contribution in [2.75, 3.05) is 13.2 Å². The second kappa shape index (κ2) is 51.9. The summed E-state index contributed by atoms with van der Waals surface area (Å²) in [6.07, 6.45) is 58.8. The molecule has 1 heterocycles. The molecule has 1 saturated heterocycles. The quantitative estimate of drug-likeness (QED) is 0.0228. The molecule has 434 valence electrons. The molecule has 0 bridgehead atoms. The van der Waals surface area contributed by atoms with Gasteiger partial charge in [0.15, 0.2) is 24.6 Å². The maximum Gasteiger partial charge on any atom is 0.335 e. The van der Waals surface area contributed by atoms with E-state index in [0.717, 1.165) is 154 Å². The third-order valence-corrected chi connectivity index (χ3v) is 12.5. The van der Waals surface area contributed by atoms with E-state index < -0.39 is 67.3 Å². The number of carboxylic acids is 1. The Morgan fingerprint density at radius 2 is 0.779 bits per heavy atom. The second-order valence-electron chi connectivity index (χ2n) is 19.5. The minimum Gasteiger partial charge on any atom is -0.479 e. The molecule has 0 amide bonds. The molecule has 1 aliphatic rings. The van der Waals surface area contributed by atoms with Gasteiger partial charge in [-0.05, 0) is 122 Å². The van der Waals surface area contributed by atoms with Crippen molar-refractivity contribution in [3.05, 3.63) is 122 Å². The lowest BCUT2D eigenvalue weighted by molar-refractivity contribution is -0.301. The molecule has 0 spiro atoms. The molecule has 0 saturated carbocycles. The number of carbonyl (C=O) groups excluding carboxylic acids is 3. The van der Waals surface area contributed by atoms with Crippen LogP contribution in [-0.2, 0) is 42.9 Å². The molecular weight excluding hydrogens is 973 g/mol. The average molecular weight is 1080 g/mol. The van der Waals surface area contributed by atoms with Gasteiger partial charge in [0.2, 0.25) is 0 Å². The van der Waals surface area contributed by atoms with Crippen LogP contribution >= 0.6 is 0 Å². The summed E-state index contributed by atoms with van der Waals surface area (Å²) in [6.45, 7) is 5.59. The predicted octanol–water partition coefficient (Wildman–Crippen LogP) is 15.2. The van der Waals surface area contributed by atoms with Crippen molar-refractivity contribution in [1.29, 1.82) is 0 Å². The molecular formula is C65H102O12. The number of hydrogen-bond acceptors (Lipinski definition) is 11. The summed E-state index contributed by atoms with van der Waals surface area (Å²) in [5.41, 5.74) is 0. The number of carbonyl (C=O) groups is 4. The van der Waals surface area contributed by atoms with Crippen LogP contribution in [0, 0.1) is 0 Å². The molecule has 1 rings (SSSR count). The highest BCUT2D eigenvalue weighted by Crippen LogP contribution is 2.26. The van der Waals surface area contributed by atoms with E-state index in [9.17, 15) is 34.5 Å². The van der Waals surface area contributed by atoms with Crippen LogP contribution in [0.5, 0.6) is 0 Å². The van der Waals surface area contributed by atoms with Gasteiger partial charge in [0, 0.05) is 19.3 Å². The Morgan fingerprint density at radius 3 is 1.19 bits per heavy atom. The zero-order valence-electron chi connectivity index (χ0n) is 47.7. The summed E-state index contributed by atoms with van der Waals surface area (Å²) in [4.78, 5) is 51.1. The normalized spacial score (nSPS) is 18.9. The maximum absolute atomic E-state index is 13.1. The van der Waals surface area contributed by atoms with Gasteiger partial charge in [0.25, 0.3) is 0 Å². The fraction of sp³-hybridized carbons (Fsp3) is 0.631. The van der Waals surface area contributed by atoms with Gasteiger partial charge in [-0.3, -0.25) is 14.4 Å². The molecule has 77 heavy (non-hydrogen) atoms. The lowest BCUT2D eigenvalue weighted by atomic mass is 9.98. The van der Waals surface area contributed by atoms with Crippen LogP contribution in [0.1, 0.15) is 213 Å². The van der Waals surface area contributed by atoms with E-state index >= 15 is 0 Å². The number of unbranched alkanes of at least 4 members (excludes halogenated alkanes) is 14. The van der Waals surface area contributed by atoms with Gasteiger partial charge in [0.05, 0.1) is 6.61 Å². The van der Waals surface area contributed by atoms with Gasteiger partial charge in [-0.2, -0.15) is 0 Å².